The second-order valence-corrected chi connectivity index (χ2v) is 10.2. The third kappa shape index (κ3) is 5.29. The van der Waals surface area contributed by atoms with Gasteiger partial charge in [0.15, 0.2) is 0 Å². The standard InChI is InChI=1S/C25H32ClN3O2S/c1-2-14-28(25(31)27-20-6-4-3-5-7-20)17-23(30)29-15-12-22-21(13-16-32-22)24(29)18-8-10-19(26)11-9-18/h8-11,13,16,20,24H,2-7,12,14-15,17H2,1H3,(H,27,31). The maximum atomic E-state index is 13.5. The summed E-state index contributed by atoms with van der Waals surface area (Å²) in [5, 5.41) is 5.96. The van der Waals surface area contributed by atoms with Crippen LogP contribution >= 0.6 is 22.9 Å². The first-order valence-corrected chi connectivity index (χ1v) is 13.0. The van der Waals surface area contributed by atoms with Crippen LogP contribution < -0.4 is 5.32 Å². The molecule has 1 aliphatic carbocycles. The van der Waals surface area contributed by atoms with Gasteiger partial charge in [0.1, 0.15) is 6.54 Å². The largest absolute Gasteiger partial charge is 0.335 e. The zero-order valence-electron chi connectivity index (χ0n) is 18.7. The van der Waals surface area contributed by atoms with Crippen LogP contribution in [0.1, 0.15) is 67.5 Å². The molecule has 1 atom stereocenters. The fourth-order valence-electron chi connectivity index (χ4n) is 4.88. The molecule has 5 nitrogen and oxygen atoms in total. The fourth-order valence-corrected chi connectivity index (χ4v) is 5.91. The molecule has 0 radical (unpaired) electrons. The lowest BCUT2D eigenvalue weighted by Crippen LogP contribution is -2.51. The van der Waals surface area contributed by atoms with E-state index in [1.54, 1.807) is 16.2 Å². The van der Waals surface area contributed by atoms with Gasteiger partial charge in [-0.1, -0.05) is 49.9 Å². The number of fused-ring (bicyclic) bond motifs is 1. The van der Waals surface area contributed by atoms with Gasteiger partial charge < -0.3 is 15.1 Å². The van der Waals surface area contributed by atoms with E-state index in [0.717, 1.165) is 44.1 Å². The highest BCUT2D eigenvalue weighted by molar-refractivity contribution is 7.10. The van der Waals surface area contributed by atoms with Gasteiger partial charge in [0.2, 0.25) is 5.91 Å². The molecule has 3 amide bonds. The van der Waals surface area contributed by atoms with Crippen molar-refractivity contribution in [1.29, 1.82) is 0 Å². The summed E-state index contributed by atoms with van der Waals surface area (Å²) in [6.45, 7) is 3.38. The number of nitrogens with zero attached hydrogens (tertiary/aromatic N) is 2. The van der Waals surface area contributed by atoms with Gasteiger partial charge in [0.05, 0.1) is 6.04 Å². The Morgan fingerprint density at radius 2 is 1.91 bits per heavy atom. The highest BCUT2D eigenvalue weighted by Crippen LogP contribution is 2.38. The Morgan fingerprint density at radius 1 is 1.16 bits per heavy atom. The van der Waals surface area contributed by atoms with Crippen LogP contribution in [0.15, 0.2) is 35.7 Å². The topological polar surface area (TPSA) is 52.7 Å². The molecular formula is C25H32ClN3O2S. The van der Waals surface area contributed by atoms with Gasteiger partial charge in [0.25, 0.3) is 0 Å². The smallest absolute Gasteiger partial charge is 0.318 e. The lowest BCUT2D eigenvalue weighted by molar-refractivity contribution is -0.133. The molecule has 1 fully saturated rings. The molecule has 1 aliphatic heterocycles. The summed E-state index contributed by atoms with van der Waals surface area (Å²) in [6, 6.07) is 9.86. The van der Waals surface area contributed by atoms with Crippen molar-refractivity contribution in [2.75, 3.05) is 19.6 Å². The number of halogens is 1. The van der Waals surface area contributed by atoms with E-state index in [1.807, 2.05) is 36.1 Å². The molecule has 2 heterocycles. The quantitative estimate of drug-likeness (QED) is 0.591. The number of carbonyl (C=O) groups is 2. The van der Waals surface area contributed by atoms with Crippen molar-refractivity contribution >= 4 is 34.9 Å². The van der Waals surface area contributed by atoms with Gasteiger partial charge in [-0.15, -0.1) is 11.3 Å². The molecule has 0 saturated heterocycles. The summed E-state index contributed by atoms with van der Waals surface area (Å²) in [7, 11) is 0. The number of hydrogen-bond acceptors (Lipinski definition) is 3. The molecule has 1 unspecified atom stereocenters. The first kappa shape index (κ1) is 23.1. The Kier molecular flexibility index (Phi) is 7.74. The minimum atomic E-state index is -0.139. The van der Waals surface area contributed by atoms with Crippen LogP contribution in [0.5, 0.6) is 0 Å². The normalized spacial score (nSPS) is 18.8. The monoisotopic (exact) mass is 473 g/mol. The summed E-state index contributed by atoms with van der Waals surface area (Å²) in [6.07, 6.45) is 7.31. The van der Waals surface area contributed by atoms with Gasteiger partial charge in [0, 0.05) is 29.0 Å². The van der Waals surface area contributed by atoms with Crippen molar-refractivity contribution < 1.29 is 9.59 Å². The lowest BCUT2D eigenvalue weighted by atomic mass is 9.93. The second-order valence-electron chi connectivity index (χ2n) is 8.80. The van der Waals surface area contributed by atoms with Crippen LogP contribution in [0.3, 0.4) is 0 Å². The van der Waals surface area contributed by atoms with E-state index in [0.29, 0.717) is 18.1 Å². The number of benzene rings is 1. The highest BCUT2D eigenvalue weighted by Gasteiger charge is 2.34. The summed E-state index contributed by atoms with van der Waals surface area (Å²) in [5.74, 6) is -0.00551. The average Bonchev–Trinajstić information content (AvgIpc) is 3.28. The Morgan fingerprint density at radius 3 is 2.62 bits per heavy atom. The molecule has 1 saturated carbocycles. The van der Waals surface area contributed by atoms with Gasteiger partial charge >= 0.3 is 6.03 Å². The maximum Gasteiger partial charge on any atom is 0.318 e. The Bertz CT molecular complexity index is 924. The van der Waals surface area contributed by atoms with E-state index in [2.05, 4.69) is 16.8 Å². The Balaban J connectivity index is 1.51. The number of carbonyl (C=O) groups excluding carboxylic acids is 2. The molecular weight excluding hydrogens is 442 g/mol. The Labute approximate surface area is 199 Å². The summed E-state index contributed by atoms with van der Waals surface area (Å²) < 4.78 is 0. The number of hydrogen-bond donors (Lipinski definition) is 1. The average molecular weight is 474 g/mol. The van der Waals surface area contributed by atoms with Crippen LogP contribution in [0.25, 0.3) is 0 Å². The predicted molar refractivity (Wildman–Crippen MR) is 130 cm³/mol. The summed E-state index contributed by atoms with van der Waals surface area (Å²) in [5.41, 5.74) is 2.24. The van der Waals surface area contributed by atoms with E-state index in [9.17, 15) is 9.59 Å². The molecule has 1 aromatic heterocycles. The van der Waals surface area contributed by atoms with Gasteiger partial charge in [-0.25, -0.2) is 4.79 Å². The van der Waals surface area contributed by atoms with Gasteiger partial charge in [-0.3, -0.25) is 4.79 Å². The lowest BCUT2D eigenvalue weighted by Gasteiger charge is -2.38. The van der Waals surface area contributed by atoms with Crippen molar-refractivity contribution in [3.05, 3.63) is 56.7 Å². The molecule has 32 heavy (non-hydrogen) atoms. The molecule has 1 aromatic carbocycles. The number of rotatable bonds is 6. The van der Waals surface area contributed by atoms with Crippen LogP contribution in [0.2, 0.25) is 5.02 Å². The molecule has 0 bridgehead atoms. The van der Waals surface area contributed by atoms with E-state index < -0.39 is 0 Å². The highest BCUT2D eigenvalue weighted by atomic mass is 35.5. The van der Waals surface area contributed by atoms with Crippen LogP contribution in [0, 0.1) is 0 Å². The summed E-state index contributed by atoms with van der Waals surface area (Å²) >= 11 is 7.87. The molecule has 7 heteroatoms. The fraction of sp³-hybridized carbons (Fsp3) is 0.520. The van der Waals surface area contributed by atoms with Crippen LogP contribution in [-0.4, -0.2) is 47.4 Å². The minimum Gasteiger partial charge on any atom is -0.335 e. The zero-order valence-corrected chi connectivity index (χ0v) is 20.3. The molecule has 1 N–H and O–H groups in total. The third-order valence-electron chi connectivity index (χ3n) is 6.51. The van der Waals surface area contributed by atoms with E-state index >= 15 is 0 Å². The predicted octanol–water partition coefficient (Wildman–Crippen LogP) is 5.63. The van der Waals surface area contributed by atoms with Crippen molar-refractivity contribution in [2.45, 2.75) is 64.0 Å². The van der Waals surface area contributed by atoms with E-state index in [1.165, 1.54) is 16.9 Å². The van der Waals surface area contributed by atoms with Gasteiger partial charge in [-0.05, 0) is 60.4 Å². The van der Waals surface area contributed by atoms with Crippen molar-refractivity contribution in [3.63, 3.8) is 0 Å². The molecule has 172 valence electrons. The SMILES string of the molecule is CCCN(CC(=O)N1CCc2sccc2C1c1ccc(Cl)cc1)C(=O)NC1CCCCC1. The molecule has 2 aliphatic rings. The first-order valence-electron chi connectivity index (χ1n) is 11.7. The van der Waals surface area contributed by atoms with Gasteiger partial charge in [-0.2, -0.15) is 0 Å². The Hall–Kier alpha value is -2.05. The van der Waals surface area contributed by atoms with Crippen LogP contribution in [0.4, 0.5) is 4.79 Å². The number of amides is 3. The maximum absolute atomic E-state index is 13.5. The minimum absolute atomic E-state index is 0.00551. The molecule has 4 rings (SSSR count). The number of nitrogens with one attached hydrogen (secondary N) is 1. The zero-order chi connectivity index (χ0) is 22.5. The second kappa shape index (κ2) is 10.7. The number of thiophene rings is 1. The third-order valence-corrected chi connectivity index (χ3v) is 7.76. The summed E-state index contributed by atoms with van der Waals surface area (Å²) in [4.78, 5) is 31.5. The number of urea groups is 1. The first-order chi connectivity index (χ1) is 15.6. The van der Waals surface area contributed by atoms with E-state index in [-0.39, 0.29) is 30.6 Å². The van der Waals surface area contributed by atoms with Crippen molar-refractivity contribution in [1.82, 2.24) is 15.1 Å². The molecule has 0 spiro atoms. The van der Waals surface area contributed by atoms with Crippen LogP contribution in [-0.2, 0) is 11.2 Å². The van der Waals surface area contributed by atoms with Crippen molar-refractivity contribution in [2.24, 2.45) is 0 Å². The van der Waals surface area contributed by atoms with Crippen molar-refractivity contribution in [3.8, 4) is 0 Å². The molecule has 2 aromatic rings. The van der Waals surface area contributed by atoms with E-state index in [4.69, 9.17) is 11.6 Å².